The van der Waals surface area contributed by atoms with Crippen LogP contribution in [0.4, 0.5) is 0 Å². The van der Waals surface area contributed by atoms with Gasteiger partial charge in [-0.1, -0.05) is 6.07 Å². The summed E-state index contributed by atoms with van der Waals surface area (Å²) in [7, 11) is 0. The van der Waals surface area contributed by atoms with E-state index in [0.29, 0.717) is 0 Å². The van der Waals surface area contributed by atoms with E-state index in [1.165, 1.54) is 55.4 Å². The van der Waals surface area contributed by atoms with E-state index in [0.717, 1.165) is 0 Å². The maximum absolute atomic E-state index is 2.39. The predicted octanol–water partition coefficient (Wildman–Crippen LogP) is 8.18. The number of fused-ring (bicyclic) bond motifs is 6. The van der Waals surface area contributed by atoms with Crippen LogP contribution in [0, 0.1) is 3.57 Å². The van der Waals surface area contributed by atoms with Gasteiger partial charge in [0.25, 0.3) is 0 Å². The molecular weight excluding hydrogens is 455 g/mol. The third-order valence-electron chi connectivity index (χ3n) is 4.92. The highest BCUT2D eigenvalue weighted by atomic mass is 127. The second-order valence-electron chi connectivity index (χ2n) is 6.45. The highest BCUT2D eigenvalue weighted by Gasteiger charge is 2.09. The third kappa shape index (κ3) is 2.16. The molecule has 0 saturated heterocycles. The van der Waals surface area contributed by atoms with E-state index in [1.807, 2.05) is 22.7 Å². The fourth-order valence-corrected chi connectivity index (χ4v) is 6.20. The summed E-state index contributed by atoms with van der Waals surface area (Å²) in [6, 6.07) is 23.0. The molecule has 0 aliphatic rings. The molecule has 0 aliphatic heterocycles. The van der Waals surface area contributed by atoms with Gasteiger partial charge >= 0.3 is 0 Å². The Bertz CT molecular complexity index is 1450. The monoisotopic (exact) mass is 466 g/mol. The fraction of sp³-hybridized carbons (Fsp3) is 0. The zero-order chi connectivity index (χ0) is 16.5. The van der Waals surface area contributed by atoms with Crippen molar-refractivity contribution in [2.45, 2.75) is 0 Å². The van der Waals surface area contributed by atoms with Gasteiger partial charge in [-0.15, -0.1) is 22.7 Å². The molecule has 0 N–H and O–H groups in total. The third-order valence-corrected chi connectivity index (χ3v) is 7.59. The number of benzene rings is 4. The Labute approximate surface area is 165 Å². The first-order valence-electron chi connectivity index (χ1n) is 8.11. The van der Waals surface area contributed by atoms with Gasteiger partial charge in [0.05, 0.1) is 0 Å². The van der Waals surface area contributed by atoms with E-state index in [2.05, 4.69) is 88.6 Å². The average Bonchev–Trinajstić information content (AvgIpc) is 3.19. The van der Waals surface area contributed by atoms with Crippen LogP contribution in [-0.2, 0) is 0 Å². The molecule has 0 nitrogen and oxygen atoms in total. The molecule has 6 rings (SSSR count). The summed E-state index contributed by atoms with van der Waals surface area (Å²) < 4.78 is 5.41. The van der Waals surface area contributed by atoms with Crippen LogP contribution in [0.25, 0.3) is 51.8 Å². The van der Waals surface area contributed by atoms with Gasteiger partial charge in [-0.3, -0.25) is 0 Å². The Balaban J connectivity index is 1.77. The number of hydrogen-bond donors (Lipinski definition) is 0. The molecule has 2 heterocycles. The molecule has 0 unspecified atom stereocenters. The van der Waals surface area contributed by atoms with Crippen molar-refractivity contribution in [3.8, 4) is 0 Å². The summed E-state index contributed by atoms with van der Waals surface area (Å²) in [6.45, 7) is 0. The maximum Gasteiger partial charge on any atom is 0.0361 e. The molecule has 0 radical (unpaired) electrons. The number of halogens is 1. The second-order valence-corrected chi connectivity index (χ2v) is 9.73. The fourth-order valence-electron chi connectivity index (χ4n) is 3.69. The minimum absolute atomic E-state index is 1.29. The Kier molecular flexibility index (Phi) is 2.99. The summed E-state index contributed by atoms with van der Waals surface area (Å²) in [5.74, 6) is 0. The minimum atomic E-state index is 1.29. The molecule has 0 amide bonds. The van der Waals surface area contributed by atoms with Crippen molar-refractivity contribution in [3.05, 3.63) is 69.6 Å². The van der Waals surface area contributed by atoms with Crippen LogP contribution >= 0.6 is 45.3 Å². The van der Waals surface area contributed by atoms with Crippen LogP contribution < -0.4 is 0 Å². The topological polar surface area (TPSA) is 0 Å². The summed E-state index contributed by atoms with van der Waals surface area (Å²) in [4.78, 5) is 0. The first-order valence-corrected chi connectivity index (χ1v) is 10.9. The van der Waals surface area contributed by atoms with Crippen LogP contribution in [0.5, 0.6) is 0 Å². The lowest BCUT2D eigenvalue weighted by Gasteiger charge is -2.01. The molecule has 0 fully saturated rings. The molecule has 4 aromatic carbocycles. The highest BCUT2D eigenvalue weighted by Crippen LogP contribution is 2.39. The summed E-state index contributed by atoms with van der Waals surface area (Å²) in [5.41, 5.74) is 0. The number of hydrogen-bond acceptors (Lipinski definition) is 2. The Hall–Kier alpha value is -1.69. The first kappa shape index (κ1) is 14.5. The van der Waals surface area contributed by atoms with Gasteiger partial charge in [0.2, 0.25) is 0 Å². The normalized spacial score (nSPS) is 12.2. The summed E-state index contributed by atoms with van der Waals surface area (Å²) in [6.07, 6.45) is 0. The van der Waals surface area contributed by atoms with E-state index in [9.17, 15) is 0 Å². The smallest absolute Gasteiger partial charge is 0.0361 e. The standard InChI is InChI=1S/C22H11IS2/c23-17-2-1-12-9-21-19(8-15(12)6-17)18-7-14-5-13-3-4-24-20(13)10-16(14)11-22(18)25-21/h1-11H. The van der Waals surface area contributed by atoms with Crippen molar-refractivity contribution in [1.82, 2.24) is 0 Å². The molecule has 0 bridgehead atoms. The van der Waals surface area contributed by atoms with Crippen LogP contribution in [-0.4, -0.2) is 0 Å². The van der Waals surface area contributed by atoms with Gasteiger partial charge in [0, 0.05) is 28.4 Å². The lowest BCUT2D eigenvalue weighted by atomic mass is 10.0. The van der Waals surface area contributed by atoms with Crippen LogP contribution in [0.3, 0.4) is 0 Å². The van der Waals surface area contributed by atoms with Crippen molar-refractivity contribution in [2.24, 2.45) is 0 Å². The van der Waals surface area contributed by atoms with Gasteiger partial charge in [-0.2, -0.15) is 0 Å². The molecular formula is C22H11IS2. The Morgan fingerprint density at radius 3 is 2.08 bits per heavy atom. The largest absolute Gasteiger partial charge is 0.144 e. The van der Waals surface area contributed by atoms with Gasteiger partial charge in [-0.25, -0.2) is 0 Å². The van der Waals surface area contributed by atoms with E-state index < -0.39 is 0 Å². The maximum atomic E-state index is 2.39. The Morgan fingerprint density at radius 2 is 1.24 bits per heavy atom. The van der Waals surface area contributed by atoms with Crippen molar-refractivity contribution in [1.29, 1.82) is 0 Å². The lowest BCUT2D eigenvalue weighted by molar-refractivity contribution is 1.74. The van der Waals surface area contributed by atoms with E-state index in [-0.39, 0.29) is 0 Å². The van der Waals surface area contributed by atoms with Crippen molar-refractivity contribution < 1.29 is 0 Å². The van der Waals surface area contributed by atoms with Gasteiger partial charge in [0.1, 0.15) is 0 Å². The number of rotatable bonds is 0. The zero-order valence-electron chi connectivity index (χ0n) is 13.0. The zero-order valence-corrected chi connectivity index (χ0v) is 16.8. The molecule has 118 valence electrons. The molecule has 0 aliphatic carbocycles. The lowest BCUT2D eigenvalue weighted by Crippen LogP contribution is -1.76. The number of thiophene rings is 2. The SMILES string of the molecule is Ic1ccc2cc3sc4cc5cc6sccc6cc5cc4c3cc2c1. The summed E-state index contributed by atoms with van der Waals surface area (Å²) in [5, 5.41) is 11.6. The predicted molar refractivity (Wildman–Crippen MR) is 122 cm³/mol. The highest BCUT2D eigenvalue weighted by molar-refractivity contribution is 14.1. The van der Waals surface area contributed by atoms with Crippen LogP contribution in [0.15, 0.2) is 66.0 Å². The molecule has 6 aromatic rings. The van der Waals surface area contributed by atoms with Gasteiger partial charge < -0.3 is 0 Å². The van der Waals surface area contributed by atoms with Crippen molar-refractivity contribution in [2.75, 3.05) is 0 Å². The molecule has 0 atom stereocenters. The second kappa shape index (κ2) is 5.16. The molecule has 25 heavy (non-hydrogen) atoms. The quantitative estimate of drug-likeness (QED) is 0.198. The molecule has 0 spiro atoms. The van der Waals surface area contributed by atoms with Crippen molar-refractivity contribution in [3.63, 3.8) is 0 Å². The molecule has 3 heteroatoms. The van der Waals surface area contributed by atoms with E-state index in [4.69, 9.17) is 0 Å². The van der Waals surface area contributed by atoms with E-state index >= 15 is 0 Å². The Morgan fingerprint density at radius 1 is 0.560 bits per heavy atom. The first-order chi connectivity index (χ1) is 12.2. The van der Waals surface area contributed by atoms with E-state index in [1.54, 1.807) is 0 Å². The van der Waals surface area contributed by atoms with Crippen LogP contribution in [0.1, 0.15) is 0 Å². The van der Waals surface area contributed by atoms with Gasteiger partial charge in [0.15, 0.2) is 0 Å². The van der Waals surface area contributed by atoms with Crippen molar-refractivity contribution >= 4 is 97.1 Å². The molecule has 0 saturated carbocycles. The minimum Gasteiger partial charge on any atom is -0.144 e. The van der Waals surface area contributed by atoms with Crippen LogP contribution in [0.2, 0.25) is 0 Å². The summed E-state index contributed by atoms with van der Waals surface area (Å²) >= 11 is 6.11. The van der Waals surface area contributed by atoms with Gasteiger partial charge in [-0.05, 0) is 109 Å². The average molecular weight is 466 g/mol. The molecule has 2 aromatic heterocycles.